The standard InChI is InChI=1S/C36H36N2/c1-5-25(2)14-13-20-30-34(24-27-16-10-9-15-26(27)3)37(4)32-22-23-33-36(35(30)32)29-19-11-12-21-31(29)38(33)28-17-7-6-8-18-28/h6-13,15-23,25H,5,14,24H2,1-4H3/b20-13-. The summed E-state index contributed by atoms with van der Waals surface area (Å²) in [6.07, 6.45) is 8.03. The molecule has 1 atom stereocenters. The molecule has 6 rings (SSSR count). The lowest BCUT2D eigenvalue weighted by molar-refractivity contribution is 0.573. The van der Waals surface area contributed by atoms with Crippen molar-refractivity contribution in [1.29, 1.82) is 0 Å². The van der Waals surface area contributed by atoms with Crippen molar-refractivity contribution in [3.05, 3.63) is 119 Å². The molecule has 0 aliphatic heterocycles. The van der Waals surface area contributed by atoms with E-state index in [1.807, 2.05) is 0 Å². The van der Waals surface area contributed by atoms with E-state index in [2.05, 4.69) is 140 Å². The molecule has 0 fully saturated rings. The lowest BCUT2D eigenvalue weighted by Gasteiger charge is -2.09. The van der Waals surface area contributed by atoms with Gasteiger partial charge in [0.2, 0.25) is 0 Å². The second-order valence-electron chi connectivity index (χ2n) is 10.7. The average molecular weight is 497 g/mol. The first-order chi connectivity index (χ1) is 18.6. The number of aromatic nitrogens is 2. The zero-order valence-electron chi connectivity index (χ0n) is 22.9. The molecule has 0 spiro atoms. The van der Waals surface area contributed by atoms with Crippen molar-refractivity contribution in [2.45, 2.75) is 40.0 Å². The van der Waals surface area contributed by atoms with Crippen LogP contribution in [0, 0.1) is 12.8 Å². The largest absolute Gasteiger partial charge is 0.347 e. The summed E-state index contributed by atoms with van der Waals surface area (Å²) in [6.45, 7) is 6.84. The molecule has 6 aromatic rings. The molecule has 2 aromatic heterocycles. The number of benzene rings is 4. The minimum Gasteiger partial charge on any atom is -0.347 e. The highest BCUT2D eigenvalue weighted by molar-refractivity contribution is 6.23. The molecule has 38 heavy (non-hydrogen) atoms. The Bertz CT molecular complexity index is 1780. The molecule has 0 saturated heterocycles. The van der Waals surface area contributed by atoms with Gasteiger partial charge in [-0.25, -0.2) is 0 Å². The van der Waals surface area contributed by atoms with Crippen molar-refractivity contribution >= 4 is 38.8 Å². The molecule has 2 heteroatoms. The SMILES string of the molecule is CCC(C)C/C=C\c1c(Cc2ccccc2C)n(C)c2ccc3c(c4ccccc4n3-c3ccccc3)c12. The van der Waals surface area contributed by atoms with Crippen LogP contribution < -0.4 is 0 Å². The van der Waals surface area contributed by atoms with Gasteiger partial charge in [0.05, 0.1) is 11.0 Å². The van der Waals surface area contributed by atoms with E-state index in [1.165, 1.54) is 67.2 Å². The Labute approximate surface area is 225 Å². The van der Waals surface area contributed by atoms with E-state index in [-0.39, 0.29) is 0 Å². The second-order valence-corrected chi connectivity index (χ2v) is 10.7. The maximum absolute atomic E-state index is 2.43. The number of hydrogen-bond donors (Lipinski definition) is 0. The van der Waals surface area contributed by atoms with Crippen molar-refractivity contribution in [2.24, 2.45) is 13.0 Å². The monoisotopic (exact) mass is 496 g/mol. The van der Waals surface area contributed by atoms with Crippen LogP contribution in [0.3, 0.4) is 0 Å². The van der Waals surface area contributed by atoms with Crippen molar-refractivity contribution in [2.75, 3.05) is 0 Å². The Morgan fingerprint density at radius 1 is 0.763 bits per heavy atom. The van der Waals surface area contributed by atoms with Crippen LogP contribution in [-0.2, 0) is 13.5 Å². The third-order valence-corrected chi connectivity index (χ3v) is 8.32. The van der Waals surface area contributed by atoms with Crippen LogP contribution in [0.4, 0.5) is 0 Å². The molecule has 2 heterocycles. The van der Waals surface area contributed by atoms with Crippen molar-refractivity contribution in [3.8, 4) is 5.69 Å². The number of rotatable bonds is 7. The fraction of sp³-hybridized carbons (Fsp3) is 0.222. The van der Waals surface area contributed by atoms with E-state index in [0.717, 1.165) is 12.8 Å². The summed E-state index contributed by atoms with van der Waals surface area (Å²) in [4.78, 5) is 0. The predicted molar refractivity (Wildman–Crippen MR) is 164 cm³/mol. The van der Waals surface area contributed by atoms with Crippen LogP contribution in [0.1, 0.15) is 49.1 Å². The molecule has 4 aromatic carbocycles. The molecule has 0 radical (unpaired) electrons. The maximum Gasteiger partial charge on any atom is 0.0548 e. The number of nitrogens with zero attached hydrogens (tertiary/aromatic N) is 2. The second kappa shape index (κ2) is 10.0. The Morgan fingerprint density at radius 3 is 2.26 bits per heavy atom. The van der Waals surface area contributed by atoms with Gasteiger partial charge in [-0.05, 0) is 60.7 Å². The molecule has 0 bridgehead atoms. The molecule has 0 N–H and O–H groups in total. The Balaban J connectivity index is 1.69. The first-order valence-electron chi connectivity index (χ1n) is 13.9. The topological polar surface area (TPSA) is 9.86 Å². The first kappa shape index (κ1) is 24.3. The van der Waals surface area contributed by atoms with Crippen LogP contribution in [0.5, 0.6) is 0 Å². The van der Waals surface area contributed by atoms with Gasteiger partial charge in [0.1, 0.15) is 0 Å². The predicted octanol–water partition coefficient (Wildman–Crippen LogP) is 9.62. The molecule has 0 saturated carbocycles. The zero-order chi connectivity index (χ0) is 26.2. The Morgan fingerprint density at radius 2 is 1.47 bits per heavy atom. The summed E-state index contributed by atoms with van der Waals surface area (Å²) in [7, 11) is 2.24. The minimum absolute atomic E-state index is 0.682. The molecule has 190 valence electrons. The maximum atomic E-state index is 2.43. The van der Waals surface area contributed by atoms with Crippen molar-refractivity contribution in [3.63, 3.8) is 0 Å². The smallest absolute Gasteiger partial charge is 0.0548 e. The van der Waals surface area contributed by atoms with Crippen LogP contribution in [0.15, 0.2) is 97.1 Å². The molecular weight excluding hydrogens is 460 g/mol. The fourth-order valence-electron chi connectivity index (χ4n) is 5.89. The summed E-state index contributed by atoms with van der Waals surface area (Å²) < 4.78 is 4.85. The molecular formula is C36H36N2. The number of allylic oxidation sites excluding steroid dienone is 1. The lowest BCUT2D eigenvalue weighted by atomic mass is 9.98. The third kappa shape index (κ3) is 4.05. The minimum atomic E-state index is 0.682. The van der Waals surface area contributed by atoms with E-state index in [1.54, 1.807) is 0 Å². The van der Waals surface area contributed by atoms with Gasteiger partial charge < -0.3 is 9.13 Å². The molecule has 0 aliphatic rings. The van der Waals surface area contributed by atoms with Crippen LogP contribution in [0.25, 0.3) is 44.5 Å². The highest BCUT2D eigenvalue weighted by atomic mass is 15.0. The van der Waals surface area contributed by atoms with Gasteiger partial charge in [-0.1, -0.05) is 93.1 Å². The van der Waals surface area contributed by atoms with Gasteiger partial charge in [0.15, 0.2) is 0 Å². The summed E-state index contributed by atoms with van der Waals surface area (Å²) in [5.41, 5.74) is 10.5. The van der Waals surface area contributed by atoms with Crippen molar-refractivity contribution in [1.82, 2.24) is 9.13 Å². The van der Waals surface area contributed by atoms with Gasteiger partial charge in [0.25, 0.3) is 0 Å². The number of hydrogen-bond acceptors (Lipinski definition) is 0. The van der Waals surface area contributed by atoms with Gasteiger partial charge in [-0.3, -0.25) is 0 Å². The van der Waals surface area contributed by atoms with Gasteiger partial charge >= 0.3 is 0 Å². The van der Waals surface area contributed by atoms with Gasteiger partial charge in [-0.15, -0.1) is 0 Å². The number of aryl methyl sites for hydroxylation is 2. The summed E-state index contributed by atoms with van der Waals surface area (Å²) in [6, 6.07) is 33.0. The lowest BCUT2D eigenvalue weighted by Crippen LogP contribution is -2.00. The molecule has 0 amide bonds. The highest BCUT2D eigenvalue weighted by Crippen LogP contribution is 2.41. The summed E-state index contributed by atoms with van der Waals surface area (Å²) in [5, 5.41) is 4.01. The van der Waals surface area contributed by atoms with Crippen molar-refractivity contribution < 1.29 is 0 Å². The molecule has 0 aliphatic carbocycles. The Kier molecular flexibility index (Phi) is 6.41. The zero-order valence-corrected chi connectivity index (χ0v) is 22.9. The van der Waals surface area contributed by atoms with Gasteiger partial charge in [0, 0.05) is 52.1 Å². The summed E-state index contributed by atoms with van der Waals surface area (Å²) >= 11 is 0. The van der Waals surface area contributed by atoms with E-state index < -0.39 is 0 Å². The number of para-hydroxylation sites is 2. The average Bonchev–Trinajstić information content (AvgIpc) is 3.42. The summed E-state index contributed by atoms with van der Waals surface area (Å²) in [5.74, 6) is 0.682. The van der Waals surface area contributed by atoms with Crippen LogP contribution in [0.2, 0.25) is 0 Å². The number of fused-ring (bicyclic) bond motifs is 5. The fourth-order valence-corrected chi connectivity index (χ4v) is 5.89. The van der Waals surface area contributed by atoms with E-state index in [4.69, 9.17) is 0 Å². The normalized spacial score (nSPS) is 12.8. The van der Waals surface area contributed by atoms with E-state index in [0.29, 0.717) is 5.92 Å². The Hall–Kier alpha value is -4.04. The molecule has 1 unspecified atom stereocenters. The highest BCUT2D eigenvalue weighted by Gasteiger charge is 2.21. The van der Waals surface area contributed by atoms with Gasteiger partial charge in [-0.2, -0.15) is 0 Å². The first-order valence-corrected chi connectivity index (χ1v) is 13.9. The quantitative estimate of drug-likeness (QED) is 0.208. The molecule has 2 nitrogen and oxygen atoms in total. The van der Waals surface area contributed by atoms with E-state index >= 15 is 0 Å². The van der Waals surface area contributed by atoms with Crippen LogP contribution >= 0.6 is 0 Å². The third-order valence-electron chi connectivity index (χ3n) is 8.32. The van der Waals surface area contributed by atoms with E-state index in [9.17, 15) is 0 Å². The van der Waals surface area contributed by atoms with Crippen LogP contribution in [-0.4, -0.2) is 9.13 Å².